The molecule has 2 atom stereocenters. The summed E-state index contributed by atoms with van der Waals surface area (Å²) < 4.78 is 12.4. The summed E-state index contributed by atoms with van der Waals surface area (Å²) >= 11 is 5.86. The second-order valence-corrected chi connectivity index (χ2v) is 9.41. The van der Waals surface area contributed by atoms with Gasteiger partial charge in [0.25, 0.3) is 0 Å². The zero-order valence-corrected chi connectivity index (χ0v) is 22.6. The molecule has 1 saturated heterocycles. The Labute approximate surface area is 236 Å². The van der Waals surface area contributed by atoms with Crippen LogP contribution < -0.4 is 20.3 Å². The number of ether oxygens (including phenoxy) is 2. The molecule has 40 heavy (non-hydrogen) atoms. The topological polar surface area (TPSA) is 118 Å². The lowest BCUT2D eigenvalue weighted by atomic mass is 10.0. The molecule has 5 rings (SSSR count). The number of hydrogen-bond acceptors (Lipinski definition) is 6. The van der Waals surface area contributed by atoms with Gasteiger partial charge in [0.05, 0.1) is 30.1 Å². The predicted molar refractivity (Wildman–Crippen MR) is 154 cm³/mol. The van der Waals surface area contributed by atoms with Gasteiger partial charge < -0.3 is 34.7 Å². The first-order chi connectivity index (χ1) is 19.4. The minimum Gasteiger partial charge on any atom is -0.495 e. The summed E-state index contributed by atoms with van der Waals surface area (Å²) in [4.78, 5) is 30.6. The number of carbonyl (C=O) groups is 2. The van der Waals surface area contributed by atoms with Crippen molar-refractivity contribution in [2.24, 2.45) is 0 Å². The molecule has 204 valence electrons. The second kappa shape index (κ2) is 11.6. The van der Waals surface area contributed by atoms with Crippen molar-refractivity contribution in [3.8, 4) is 11.4 Å². The number of carboxylic acid groups (broad SMARTS) is 1. The van der Waals surface area contributed by atoms with E-state index < -0.39 is 5.97 Å². The molecule has 0 spiro atoms. The summed E-state index contributed by atoms with van der Waals surface area (Å²) in [5.41, 5.74) is 3.69. The normalized spacial score (nSPS) is 16.4. The molecule has 2 aromatic heterocycles. The number of amides is 1. The molecular formula is C29H27N5O5S. The lowest BCUT2D eigenvalue weighted by Gasteiger charge is -2.29. The van der Waals surface area contributed by atoms with Crippen molar-refractivity contribution in [1.29, 1.82) is 0 Å². The molecule has 1 aliphatic heterocycles. The summed E-state index contributed by atoms with van der Waals surface area (Å²) in [7, 11) is 2.98. The first kappa shape index (κ1) is 26.9. The largest absolute Gasteiger partial charge is 0.495 e. The van der Waals surface area contributed by atoms with E-state index in [1.54, 1.807) is 36.5 Å². The van der Waals surface area contributed by atoms with Gasteiger partial charge in [0.15, 0.2) is 5.11 Å². The fourth-order valence-corrected chi connectivity index (χ4v) is 5.20. The van der Waals surface area contributed by atoms with Crippen LogP contribution in [0.4, 0.5) is 11.4 Å². The maximum atomic E-state index is 12.3. The van der Waals surface area contributed by atoms with E-state index in [1.807, 2.05) is 58.1 Å². The number of hydrogen-bond donors (Lipinski definition) is 3. The zero-order valence-electron chi connectivity index (χ0n) is 21.8. The molecule has 10 nitrogen and oxygen atoms in total. The molecule has 0 radical (unpaired) electrons. The number of nitrogens with zero attached hydrogens (tertiary/aromatic N) is 3. The molecule has 1 aliphatic rings. The van der Waals surface area contributed by atoms with Crippen LogP contribution in [-0.2, 0) is 9.53 Å². The molecule has 11 heteroatoms. The number of pyridine rings is 1. The van der Waals surface area contributed by atoms with E-state index in [4.69, 9.17) is 21.7 Å². The van der Waals surface area contributed by atoms with Crippen molar-refractivity contribution in [2.75, 3.05) is 31.0 Å². The minimum absolute atomic E-state index is 0.107. The number of benzene rings is 2. The Balaban J connectivity index is 1.64. The van der Waals surface area contributed by atoms with E-state index in [1.165, 1.54) is 14.2 Å². The monoisotopic (exact) mass is 557 g/mol. The van der Waals surface area contributed by atoms with Crippen molar-refractivity contribution in [1.82, 2.24) is 14.9 Å². The van der Waals surface area contributed by atoms with Crippen LogP contribution in [0.5, 0.6) is 5.75 Å². The highest BCUT2D eigenvalue weighted by molar-refractivity contribution is 7.80. The highest BCUT2D eigenvalue weighted by Crippen LogP contribution is 2.43. The SMILES string of the molecule is COCC(=O)Nc1cc(N2C(=S)N[C@H](c3ccccn3)[C@@H]2c2cccn2-c2cccc(C(=O)O)c2)ccc1OC. The first-order valence-corrected chi connectivity index (χ1v) is 12.8. The summed E-state index contributed by atoms with van der Waals surface area (Å²) in [5, 5.41) is 16.3. The molecule has 2 aromatic carbocycles. The Morgan fingerprint density at radius 2 is 1.90 bits per heavy atom. The summed E-state index contributed by atoms with van der Waals surface area (Å²) in [6.07, 6.45) is 3.61. The number of thiocarbonyl (C=S) groups is 1. The number of nitrogens with one attached hydrogen (secondary N) is 2. The smallest absolute Gasteiger partial charge is 0.335 e. The van der Waals surface area contributed by atoms with Crippen molar-refractivity contribution >= 4 is 40.6 Å². The van der Waals surface area contributed by atoms with Crippen molar-refractivity contribution in [3.63, 3.8) is 0 Å². The van der Waals surface area contributed by atoms with E-state index in [9.17, 15) is 14.7 Å². The maximum Gasteiger partial charge on any atom is 0.335 e. The first-order valence-electron chi connectivity index (χ1n) is 12.4. The molecule has 0 unspecified atom stereocenters. The van der Waals surface area contributed by atoms with Gasteiger partial charge in [0.1, 0.15) is 18.4 Å². The fourth-order valence-electron chi connectivity index (χ4n) is 4.85. The number of aromatic nitrogens is 2. The van der Waals surface area contributed by atoms with Crippen LogP contribution in [-0.4, -0.2) is 52.5 Å². The number of carboxylic acids is 1. The van der Waals surface area contributed by atoms with E-state index >= 15 is 0 Å². The van der Waals surface area contributed by atoms with Crippen LogP contribution in [0, 0.1) is 0 Å². The van der Waals surface area contributed by atoms with Gasteiger partial charge in [-0.3, -0.25) is 9.78 Å². The Bertz CT molecular complexity index is 1560. The van der Waals surface area contributed by atoms with Gasteiger partial charge in [-0.15, -0.1) is 0 Å². The Kier molecular flexibility index (Phi) is 7.76. The van der Waals surface area contributed by atoms with E-state index in [2.05, 4.69) is 15.6 Å². The summed E-state index contributed by atoms with van der Waals surface area (Å²) in [6.45, 7) is -0.107. The number of methoxy groups -OCH3 is 2. The number of rotatable bonds is 9. The maximum absolute atomic E-state index is 12.3. The number of anilines is 2. The quantitative estimate of drug-likeness (QED) is 0.258. The summed E-state index contributed by atoms with van der Waals surface area (Å²) in [5.74, 6) is -0.846. The van der Waals surface area contributed by atoms with Crippen LogP contribution in [0.3, 0.4) is 0 Å². The Morgan fingerprint density at radius 3 is 2.62 bits per heavy atom. The molecule has 0 aliphatic carbocycles. The average molecular weight is 558 g/mol. The van der Waals surface area contributed by atoms with Crippen LogP contribution in [0.15, 0.2) is 85.2 Å². The van der Waals surface area contributed by atoms with Crippen molar-refractivity contribution in [3.05, 3.63) is 102 Å². The standard InChI is InChI=1S/C29H27N5O5S/c1-38-17-25(35)31-22-16-20(11-12-24(22)39-2)34-27(26(32-29(34)40)21-9-3-4-13-30-21)23-10-6-14-33(23)19-8-5-7-18(15-19)28(36)37/h3-16,26-27H,17H2,1-2H3,(H,31,35)(H,32,40)(H,36,37)/t26-,27+/m1/s1. The third kappa shape index (κ3) is 5.24. The van der Waals surface area contributed by atoms with Gasteiger partial charge >= 0.3 is 5.97 Å². The lowest BCUT2D eigenvalue weighted by molar-refractivity contribution is -0.119. The molecule has 1 fully saturated rings. The Hall–Kier alpha value is -4.74. The van der Waals surface area contributed by atoms with E-state index in [-0.39, 0.29) is 30.2 Å². The molecule has 4 aromatic rings. The van der Waals surface area contributed by atoms with Gasteiger partial charge in [-0.2, -0.15) is 0 Å². The van der Waals surface area contributed by atoms with Crippen LogP contribution >= 0.6 is 12.2 Å². The lowest BCUT2D eigenvalue weighted by Crippen LogP contribution is -2.30. The number of aromatic carboxylic acids is 1. The molecule has 3 heterocycles. The van der Waals surface area contributed by atoms with Crippen LogP contribution in [0.2, 0.25) is 0 Å². The number of carbonyl (C=O) groups excluding carboxylic acids is 1. The zero-order chi connectivity index (χ0) is 28.2. The molecule has 1 amide bonds. The van der Waals surface area contributed by atoms with Crippen LogP contribution in [0.1, 0.15) is 33.8 Å². The fraction of sp³-hybridized carbons (Fsp3) is 0.172. The molecule has 3 N–H and O–H groups in total. The molecule has 0 saturated carbocycles. The van der Waals surface area contributed by atoms with E-state index in [0.717, 1.165) is 11.4 Å². The second-order valence-electron chi connectivity index (χ2n) is 9.02. The van der Waals surface area contributed by atoms with Crippen molar-refractivity contribution in [2.45, 2.75) is 12.1 Å². The minimum atomic E-state index is -1.01. The van der Waals surface area contributed by atoms with Crippen molar-refractivity contribution < 1.29 is 24.2 Å². The average Bonchev–Trinajstić information content (AvgIpc) is 3.58. The molecular weight excluding hydrogens is 530 g/mol. The highest BCUT2D eigenvalue weighted by Gasteiger charge is 2.42. The van der Waals surface area contributed by atoms with Gasteiger partial charge in [-0.25, -0.2) is 4.79 Å². The summed E-state index contributed by atoms with van der Waals surface area (Å²) in [6, 6.07) is 21.0. The van der Waals surface area contributed by atoms with E-state index in [0.29, 0.717) is 27.9 Å². The third-order valence-electron chi connectivity index (χ3n) is 6.56. The predicted octanol–water partition coefficient (Wildman–Crippen LogP) is 4.34. The Morgan fingerprint density at radius 1 is 1.05 bits per heavy atom. The van der Waals surface area contributed by atoms with Gasteiger partial charge in [0, 0.05) is 36.6 Å². The van der Waals surface area contributed by atoms with Gasteiger partial charge in [-0.05, 0) is 72.9 Å². The van der Waals surface area contributed by atoms with Gasteiger partial charge in [-0.1, -0.05) is 12.1 Å². The molecule has 0 bridgehead atoms. The van der Waals surface area contributed by atoms with Crippen LogP contribution in [0.25, 0.3) is 5.69 Å². The van der Waals surface area contributed by atoms with Gasteiger partial charge in [0.2, 0.25) is 5.91 Å². The highest BCUT2D eigenvalue weighted by atomic mass is 32.1. The third-order valence-corrected chi connectivity index (χ3v) is 6.88.